The van der Waals surface area contributed by atoms with E-state index in [1.165, 1.54) is 4.90 Å². The quantitative estimate of drug-likeness (QED) is 0.735. The number of hydrogen-bond acceptors (Lipinski definition) is 3. The summed E-state index contributed by atoms with van der Waals surface area (Å²) in [5.41, 5.74) is 0.394. The molecule has 2 N–H and O–H groups in total. The molecule has 0 radical (unpaired) electrons. The minimum Gasteiger partial charge on any atom is -0.349 e. The first-order chi connectivity index (χ1) is 13.2. The van der Waals surface area contributed by atoms with Crippen LogP contribution < -0.4 is 10.6 Å². The summed E-state index contributed by atoms with van der Waals surface area (Å²) in [6.45, 7) is 6.55. The monoisotopic (exact) mass is 385 g/mol. The number of carbonyl (C=O) groups is 3. The average molecular weight is 386 g/mol. The number of amides is 4. The lowest BCUT2D eigenvalue weighted by atomic mass is 9.85. The fourth-order valence-electron chi connectivity index (χ4n) is 4.23. The lowest BCUT2D eigenvalue weighted by Gasteiger charge is -2.27. The van der Waals surface area contributed by atoms with Crippen LogP contribution in [0.5, 0.6) is 0 Å². The predicted octanol–water partition coefficient (Wildman–Crippen LogP) is 3.53. The number of imide groups is 1. The van der Waals surface area contributed by atoms with Crippen molar-refractivity contribution in [3.63, 3.8) is 0 Å². The number of hydrogen-bond donors (Lipinski definition) is 2. The fourth-order valence-corrected chi connectivity index (χ4v) is 4.23. The molecule has 6 nitrogen and oxygen atoms in total. The van der Waals surface area contributed by atoms with Crippen molar-refractivity contribution < 1.29 is 14.4 Å². The minimum atomic E-state index is -0.716. The van der Waals surface area contributed by atoms with E-state index in [-0.39, 0.29) is 42.3 Å². The van der Waals surface area contributed by atoms with Gasteiger partial charge in [0.25, 0.3) is 5.91 Å². The molecule has 152 valence electrons. The molecule has 28 heavy (non-hydrogen) atoms. The molecule has 1 unspecified atom stereocenters. The molecule has 0 bridgehead atoms. The normalized spacial score (nSPS) is 19.8. The van der Waals surface area contributed by atoms with Crippen LogP contribution in [-0.2, 0) is 9.59 Å². The zero-order chi connectivity index (χ0) is 20.4. The van der Waals surface area contributed by atoms with Crippen molar-refractivity contribution in [1.82, 2.24) is 15.5 Å². The van der Waals surface area contributed by atoms with Gasteiger partial charge in [-0.2, -0.15) is 0 Å². The Bertz CT molecular complexity index is 733. The van der Waals surface area contributed by atoms with Crippen LogP contribution in [-0.4, -0.2) is 34.8 Å². The third-order valence-corrected chi connectivity index (χ3v) is 5.62. The maximum absolute atomic E-state index is 12.7. The van der Waals surface area contributed by atoms with E-state index in [4.69, 9.17) is 0 Å². The molecule has 2 fully saturated rings. The van der Waals surface area contributed by atoms with Gasteiger partial charge in [-0.1, -0.05) is 63.9 Å². The Morgan fingerprint density at radius 3 is 2.43 bits per heavy atom. The van der Waals surface area contributed by atoms with Crippen molar-refractivity contribution in [3.05, 3.63) is 35.9 Å². The van der Waals surface area contributed by atoms with Gasteiger partial charge in [0.1, 0.15) is 5.54 Å². The number of benzene rings is 1. The first-order valence-corrected chi connectivity index (χ1v) is 10.2. The minimum absolute atomic E-state index is 0.0491. The third-order valence-electron chi connectivity index (χ3n) is 5.62. The molecule has 1 heterocycles. The summed E-state index contributed by atoms with van der Waals surface area (Å²) in [5.74, 6) is -0.317. The zero-order valence-corrected chi connectivity index (χ0v) is 17.1. The van der Waals surface area contributed by atoms with E-state index in [2.05, 4.69) is 31.4 Å². The summed E-state index contributed by atoms with van der Waals surface area (Å²) in [4.78, 5) is 38.8. The first kappa shape index (κ1) is 20.4. The van der Waals surface area contributed by atoms with Crippen molar-refractivity contribution in [2.45, 2.75) is 70.9 Å². The predicted molar refractivity (Wildman–Crippen MR) is 107 cm³/mol. The van der Waals surface area contributed by atoms with Crippen LogP contribution in [0.2, 0.25) is 0 Å². The number of carbonyl (C=O) groups excluding carboxylic acids is 3. The highest BCUT2D eigenvalue weighted by atomic mass is 16.2. The van der Waals surface area contributed by atoms with Crippen molar-refractivity contribution >= 4 is 17.8 Å². The van der Waals surface area contributed by atoms with Crippen molar-refractivity contribution in [3.8, 4) is 0 Å². The molecule has 1 spiro atoms. The van der Waals surface area contributed by atoms with Crippen LogP contribution in [0.15, 0.2) is 30.3 Å². The number of nitrogens with zero attached hydrogens (tertiary/aromatic N) is 1. The summed E-state index contributed by atoms with van der Waals surface area (Å²) in [6.07, 6.45) is 4.21. The molecule has 6 heteroatoms. The topological polar surface area (TPSA) is 78.5 Å². The molecule has 3 rings (SSSR count). The van der Waals surface area contributed by atoms with Crippen LogP contribution in [0.1, 0.15) is 70.9 Å². The lowest BCUT2D eigenvalue weighted by Crippen LogP contribution is -2.44. The Morgan fingerprint density at radius 1 is 1.18 bits per heavy atom. The maximum atomic E-state index is 12.7. The van der Waals surface area contributed by atoms with Crippen molar-refractivity contribution in [1.29, 1.82) is 0 Å². The van der Waals surface area contributed by atoms with Gasteiger partial charge in [-0.15, -0.1) is 0 Å². The van der Waals surface area contributed by atoms with Crippen LogP contribution in [0, 0.1) is 5.41 Å². The van der Waals surface area contributed by atoms with Crippen molar-refractivity contribution in [2.24, 2.45) is 5.41 Å². The molecule has 1 atom stereocenters. The fraction of sp³-hybridized carbons (Fsp3) is 0.591. The summed E-state index contributed by atoms with van der Waals surface area (Å²) in [6, 6.07) is 9.44. The molecule has 1 aromatic rings. The Balaban J connectivity index is 1.60. The van der Waals surface area contributed by atoms with E-state index in [1.807, 2.05) is 30.3 Å². The summed E-state index contributed by atoms with van der Waals surface area (Å²) in [5, 5.41) is 5.95. The van der Waals surface area contributed by atoms with Gasteiger partial charge in [0.05, 0.1) is 6.04 Å². The molecule has 1 saturated carbocycles. The molecule has 2 aliphatic rings. The summed E-state index contributed by atoms with van der Waals surface area (Å²) >= 11 is 0. The second kappa shape index (κ2) is 7.94. The molecule has 1 aliphatic heterocycles. The molecule has 1 aliphatic carbocycles. The highest BCUT2D eigenvalue weighted by molar-refractivity contribution is 6.07. The number of urea groups is 1. The Morgan fingerprint density at radius 2 is 1.82 bits per heavy atom. The SMILES string of the molecule is CC(C)(C)CC(NC(=O)CCN1C(=O)NC2(CCCC2)C1=O)c1ccccc1. The van der Waals surface area contributed by atoms with Crippen LogP contribution in [0.4, 0.5) is 4.79 Å². The van der Waals surface area contributed by atoms with Crippen LogP contribution >= 0.6 is 0 Å². The third kappa shape index (κ3) is 4.54. The van der Waals surface area contributed by atoms with Gasteiger partial charge in [0.2, 0.25) is 5.91 Å². The van der Waals surface area contributed by atoms with E-state index in [9.17, 15) is 14.4 Å². The van der Waals surface area contributed by atoms with E-state index in [0.29, 0.717) is 12.8 Å². The van der Waals surface area contributed by atoms with Gasteiger partial charge in [-0.25, -0.2) is 4.79 Å². The van der Waals surface area contributed by atoms with E-state index in [1.54, 1.807) is 0 Å². The highest BCUT2D eigenvalue weighted by Gasteiger charge is 2.52. The number of rotatable bonds is 6. The Hall–Kier alpha value is -2.37. The van der Waals surface area contributed by atoms with E-state index in [0.717, 1.165) is 24.8 Å². The number of nitrogens with one attached hydrogen (secondary N) is 2. The second-order valence-electron chi connectivity index (χ2n) is 9.22. The van der Waals surface area contributed by atoms with Crippen LogP contribution in [0.25, 0.3) is 0 Å². The maximum Gasteiger partial charge on any atom is 0.325 e. The van der Waals surface area contributed by atoms with Gasteiger partial charge in [-0.05, 0) is 30.2 Å². The molecule has 1 aromatic carbocycles. The molecular formula is C22H31N3O3. The van der Waals surface area contributed by atoms with Gasteiger partial charge in [-0.3, -0.25) is 14.5 Å². The van der Waals surface area contributed by atoms with Crippen molar-refractivity contribution in [2.75, 3.05) is 6.54 Å². The Kier molecular flexibility index (Phi) is 5.77. The Labute approximate surface area is 167 Å². The molecule has 1 saturated heterocycles. The van der Waals surface area contributed by atoms with Crippen LogP contribution in [0.3, 0.4) is 0 Å². The molecule has 4 amide bonds. The molecular weight excluding hydrogens is 354 g/mol. The highest BCUT2D eigenvalue weighted by Crippen LogP contribution is 2.35. The van der Waals surface area contributed by atoms with Gasteiger partial charge in [0, 0.05) is 13.0 Å². The second-order valence-corrected chi connectivity index (χ2v) is 9.22. The summed E-state index contributed by atoms with van der Waals surface area (Å²) in [7, 11) is 0. The van der Waals surface area contributed by atoms with E-state index >= 15 is 0 Å². The smallest absolute Gasteiger partial charge is 0.325 e. The van der Waals surface area contributed by atoms with E-state index < -0.39 is 5.54 Å². The largest absolute Gasteiger partial charge is 0.349 e. The first-order valence-electron chi connectivity index (χ1n) is 10.2. The average Bonchev–Trinajstić information content (AvgIpc) is 3.18. The van der Waals surface area contributed by atoms with Gasteiger partial charge < -0.3 is 10.6 Å². The summed E-state index contributed by atoms with van der Waals surface area (Å²) < 4.78 is 0. The van der Waals surface area contributed by atoms with Gasteiger partial charge in [0.15, 0.2) is 0 Å². The zero-order valence-electron chi connectivity index (χ0n) is 17.1. The van der Waals surface area contributed by atoms with Gasteiger partial charge >= 0.3 is 6.03 Å². The lowest BCUT2D eigenvalue weighted by molar-refractivity contribution is -0.131. The standard InChI is InChI=1S/C22H31N3O3/c1-21(2,3)15-17(16-9-5-4-6-10-16)23-18(26)11-14-25-19(27)22(24-20(25)28)12-7-8-13-22/h4-6,9-10,17H,7-8,11-15H2,1-3H3,(H,23,26)(H,24,28). The molecule has 0 aromatic heterocycles.